The predicted octanol–water partition coefficient (Wildman–Crippen LogP) is 4.57. The molecule has 0 aromatic heterocycles. The topological polar surface area (TPSA) is 187 Å². The van der Waals surface area contributed by atoms with Gasteiger partial charge in [-0.1, -0.05) is 17.2 Å². The lowest BCUT2D eigenvalue weighted by molar-refractivity contribution is -0.432. The summed E-state index contributed by atoms with van der Waals surface area (Å²) in [6, 6.07) is 9.10. The number of rotatable bonds is 5. The van der Waals surface area contributed by atoms with Crippen LogP contribution in [-0.2, 0) is 26.2 Å². The van der Waals surface area contributed by atoms with Crippen LogP contribution in [0.3, 0.4) is 0 Å². The van der Waals surface area contributed by atoms with Gasteiger partial charge in [-0.3, -0.25) is 0 Å². The van der Waals surface area contributed by atoms with Crippen LogP contribution < -0.4 is 11.5 Å². The molecule has 0 aliphatic carbocycles. The van der Waals surface area contributed by atoms with Crippen molar-refractivity contribution in [2.24, 2.45) is 10.2 Å². The Kier molecular flexibility index (Phi) is 8.55. The van der Waals surface area contributed by atoms with Crippen molar-refractivity contribution in [2.75, 3.05) is 11.5 Å². The Morgan fingerprint density at radius 3 is 2.30 bits per heavy atom. The Labute approximate surface area is 188 Å². The number of benzene rings is 3. The number of azo groups is 1. The number of anilines is 2. The summed E-state index contributed by atoms with van der Waals surface area (Å²) < 4.78 is 69.5. The number of hydrogen-bond donors (Lipinski definition) is 4. The van der Waals surface area contributed by atoms with Crippen LogP contribution in [0.25, 0.3) is 10.8 Å². The maximum absolute atomic E-state index is 13.3. The third kappa shape index (κ3) is 6.77. The minimum absolute atomic E-state index is 0.0613. The van der Waals surface area contributed by atoms with Gasteiger partial charge in [0.2, 0.25) is 0 Å². The van der Waals surface area contributed by atoms with Gasteiger partial charge in [-0.15, -0.1) is 27.2 Å². The van der Waals surface area contributed by atoms with Crippen molar-refractivity contribution in [3.05, 3.63) is 48.0 Å². The van der Waals surface area contributed by atoms with Gasteiger partial charge in [0.05, 0.1) is 39.3 Å². The first-order valence-electron chi connectivity index (χ1n) is 8.29. The van der Waals surface area contributed by atoms with E-state index in [4.69, 9.17) is 29.4 Å². The van der Waals surface area contributed by atoms with E-state index >= 15 is 0 Å². The lowest BCUT2D eigenvalue weighted by atomic mass is 10.1. The zero-order chi connectivity index (χ0) is 24.8. The molecule has 3 aromatic carbocycles. The third-order valence-corrected chi connectivity index (χ3v) is 4.50. The molecule has 0 heterocycles. The van der Waals surface area contributed by atoms with E-state index in [1.165, 1.54) is 18.2 Å². The summed E-state index contributed by atoms with van der Waals surface area (Å²) in [5, 5.41) is 30.3. The highest BCUT2D eigenvalue weighted by molar-refractivity contribution is 7.94. The average Bonchev–Trinajstić information content (AvgIpc) is 2.71. The number of alkyl halides is 3. The van der Waals surface area contributed by atoms with Crippen LogP contribution in [0.5, 0.6) is 5.75 Å². The first kappa shape index (κ1) is 25.8. The Hall–Kier alpha value is -3.44. The van der Waals surface area contributed by atoms with Crippen LogP contribution in [0.15, 0.2) is 57.6 Å². The second kappa shape index (κ2) is 10.9. The molecule has 0 radical (unpaired) electrons. The monoisotopic (exact) mass is 506 g/mol. The second-order valence-corrected chi connectivity index (χ2v) is 7.07. The molecular formula is C17H13F3N4O7S2. The number of nitrogens with zero attached hydrogens (tertiary/aromatic N) is 2. The molecule has 6 N–H and O–H groups in total. The van der Waals surface area contributed by atoms with Gasteiger partial charge < -0.3 is 16.6 Å². The Morgan fingerprint density at radius 1 is 1.03 bits per heavy atom. The highest BCUT2D eigenvalue weighted by Crippen LogP contribution is 2.45. The molecule has 16 heteroatoms. The molecule has 0 aliphatic rings. The normalized spacial score (nSPS) is 11.4. The van der Waals surface area contributed by atoms with E-state index in [2.05, 4.69) is 19.6 Å². The number of halogens is 3. The highest BCUT2D eigenvalue weighted by atomic mass is 32.2. The molecule has 3 aromatic rings. The fourth-order valence-corrected chi connectivity index (χ4v) is 3.07. The van der Waals surface area contributed by atoms with E-state index in [1.54, 1.807) is 12.1 Å². The van der Waals surface area contributed by atoms with Gasteiger partial charge in [0.25, 0.3) is 0 Å². The van der Waals surface area contributed by atoms with E-state index in [9.17, 15) is 18.3 Å². The number of hydrogen-bond acceptors (Lipinski definition) is 12. The van der Waals surface area contributed by atoms with Crippen LogP contribution in [0.2, 0.25) is 0 Å². The van der Waals surface area contributed by atoms with Crippen molar-refractivity contribution in [1.29, 1.82) is 0 Å². The number of nitrogens with two attached hydrogens (primary N) is 2. The highest BCUT2D eigenvalue weighted by Gasteiger charge is 2.34. The van der Waals surface area contributed by atoms with Crippen molar-refractivity contribution in [1.82, 2.24) is 0 Å². The first-order valence-corrected chi connectivity index (χ1v) is 10.0. The number of nitrogen functional groups attached to an aromatic ring is 2. The van der Waals surface area contributed by atoms with Crippen molar-refractivity contribution in [3.8, 4) is 5.75 Å². The maximum atomic E-state index is 13.3. The minimum atomic E-state index is -4.70. The van der Waals surface area contributed by atoms with Crippen molar-refractivity contribution >= 4 is 56.2 Å². The predicted molar refractivity (Wildman–Crippen MR) is 110 cm³/mol. The Morgan fingerprint density at radius 2 is 1.70 bits per heavy atom. The van der Waals surface area contributed by atoms with Crippen molar-refractivity contribution in [3.63, 3.8) is 0 Å². The summed E-state index contributed by atoms with van der Waals surface area (Å²) in [6.07, 6.45) is -4.70. The van der Waals surface area contributed by atoms with Crippen LogP contribution in [-0.4, -0.2) is 23.0 Å². The van der Waals surface area contributed by atoms with Gasteiger partial charge in [-0.25, -0.2) is 5.26 Å². The first-order chi connectivity index (χ1) is 15.5. The Bertz CT molecular complexity index is 1300. The lowest BCUT2D eigenvalue weighted by Crippen LogP contribution is -2.06. The van der Waals surface area contributed by atoms with Crippen molar-refractivity contribution in [2.45, 2.75) is 11.1 Å². The molecule has 0 amide bonds. The van der Waals surface area contributed by atoms with E-state index in [0.29, 0.717) is 17.4 Å². The smallest absolute Gasteiger partial charge is 0.425 e. The van der Waals surface area contributed by atoms with Crippen LogP contribution >= 0.6 is 12.0 Å². The van der Waals surface area contributed by atoms with Gasteiger partial charge in [-0.2, -0.15) is 13.2 Å². The molecular weight excluding hydrogens is 493 g/mol. The quantitative estimate of drug-likeness (QED) is 0.125. The van der Waals surface area contributed by atoms with Crippen LogP contribution in [0.1, 0.15) is 5.56 Å². The van der Waals surface area contributed by atoms with E-state index < -0.39 is 28.0 Å². The summed E-state index contributed by atoms with van der Waals surface area (Å²) in [5.74, 6) is -0.202. The number of phenolic OH excluding ortho intramolecular Hbond substituents is 1. The summed E-state index contributed by atoms with van der Waals surface area (Å²) in [7, 11) is -3.11. The SMILES string of the molecule is Nc1ccc(N=Nc2c(N)c(SOOO)cc3cccc(O)c23)c(C(F)(F)F)c1.O=S(=O)=O. The molecule has 33 heavy (non-hydrogen) atoms. The fourth-order valence-electron chi connectivity index (χ4n) is 2.60. The molecule has 0 bridgehead atoms. The maximum Gasteiger partial charge on any atom is 0.425 e. The molecule has 176 valence electrons. The van der Waals surface area contributed by atoms with Gasteiger partial charge in [-0.05, 0) is 35.7 Å². The van der Waals surface area contributed by atoms with Crippen LogP contribution in [0.4, 0.5) is 35.9 Å². The number of fused-ring (bicyclic) bond motifs is 1. The molecule has 0 saturated carbocycles. The second-order valence-electron chi connectivity index (χ2n) is 5.92. The van der Waals surface area contributed by atoms with Gasteiger partial charge in [0.1, 0.15) is 11.4 Å². The van der Waals surface area contributed by atoms with Gasteiger partial charge in [0, 0.05) is 5.69 Å². The molecule has 0 unspecified atom stereocenters. The largest absolute Gasteiger partial charge is 0.507 e. The average molecular weight is 506 g/mol. The molecule has 0 spiro atoms. The van der Waals surface area contributed by atoms with E-state index in [0.717, 1.165) is 12.1 Å². The molecule has 0 aliphatic heterocycles. The van der Waals surface area contributed by atoms with Crippen LogP contribution in [0, 0.1) is 0 Å². The zero-order valence-corrected chi connectivity index (χ0v) is 17.6. The number of aromatic hydroxyl groups is 1. The zero-order valence-electron chi connectivity index (χ0n) is 16.0. The summed E-state index contributed by atoms with van der Waals surface area (Å²) in [4.78, 5) is 0.222. The summed E-state index contributed by atoms with van der Waals surface area (Å²) >= 11 is 0.536. The molecule has 0 fully saturated rings. The minimum Gasteiger partial charge on any atom is -0.507 e. The molecule has 3 rings (SSSR count). The lowest BCUT2D eigenvalue weighted by Gasteiger charge is -2.12. The van der Waals surface area contributed by atoms with E-state index in [1.807, 2.05) is 0 Å². The van der Waals surface area contributed by atoms with Gasteiger partial charge in [0.15, 0.2) is 0 Å². The Balaban J connectivity index is 0.000000890. The van der Waals surface area contributed by atoms with E-state index in [-0.39, 0.29) is 33.1 Å². The number of phenols is 1. The third-order valence-electron chi connectivity index (χ3n) is 3.86. The van der Waals surface area contributed by atoms with Crippen molar-refractivity contribution < 1.29 is 45.5 Å². The summed E-state index contributed by atoms with van der Waals surface area (Å²) in [5.41, 5.74) is 9.68. The summed E-state index contributed by atoms with van der Waals surface area (Å²) in [6.45, 7) is 0. The van der Waals surface area contributed by atoms with Gasteiger partial charge >= 0.3 is 16.8 Å². The fraction of sp³-hybridized carbons (Fsp3) is 0.0588. The molecule has 0 atom stereocenters. The standard InChI is InChI=1S/C17H13F3N4O4S.O3S/c18-17(19,20)10-7-9(21)4-5-11(10)23-24-16-14-8(2-1-3-12(14)25)6-13(15(16)22)29-28-27-26;1-4(2)3/h1-7,25-26H,21-22H2;. The molecule has 0 saturated heterocycles. The molecule has 11 nitrogen and oxygen atoms in total.